The van der Waals surface area contributed by atoms with Crippen LogP contribution >= 0.6 is 0 Å². The summed E-state index contributed by atoms with van der Waals surface area (Å²) in [6.07, 6.45) is 83.5. The number of ether oxygens (including phenoxy) is 3. The molecule has 0 N–H and O–H groups in total. The van der Waals surface area contributed by atoms with Gasteiger partial charge in [-0.3, -0.25) is 14.4 Å². The van der Waals surface area contributed by atoms with Gasteiger partial charge in [-0.1, -0.05) is 245 Å². The minimum atomic E-state index is -0.835. The Labute approximate surface area is 450 Å². The number of hydrogen-bond donors (Lipinski definition) is 0. The van der Waals surface area contributed by atoms with E-state index < -0.39 is 6.10 Å². The van der Waals surface area contributed by atoms with Gasteiger partial charge in [0.15, 0.2) is 6.10 Å². The largest absolute Gasteiger partial charge is 0.462 e. The second kappa shape index (κ2) is 60.4. The predicted molar refractivity (Wildman–Crippen MR) is 316 cm³/mol. The molecule has 0 unspecified atom stereocenters. The Balaban J connectivity index is 4.58. The van der Waals surface area contributed by atoms with E-state index in [1.807, 2.05) is 6.08 Å². The molecule has 0 saturated heterocycles. The van der Waals surface area contributed by atoms with Crippen molar-refractivity contribution in [1.29, 1.82) is 0 Å². The molecule has 6 nitrogen and oxygen atoms in total. The van der Waals surface area contributed by atoms with E-state index in [1.54, 1.807) is 0 Å². The number of rotatable bonds is 53. The lowest BCUT2D eigenvalue weighted by Gasteiger charge is -2.18. The van der Waals surface area contributed by atoms with Crippen LogP contribution in [0.4, 0.5) is 0 Å². The summed E-state index contributed by atoms with van der Waals surface area (Å²) in [5.41, 5.74) is 0. The van der Waals surface area contributed by atoms with Crippen molar-refractivity contribution in [3.63, 3.8) is 0 Å². The highest BCUT2D eigenvalue weighted by atomic mass is 16.6. The van der Waals surface area contributed by atoms with Crippen LogP contribution in [-0.4, -0.2) is 37.2 Å². The van der Waals surface area contributed by atoms with Crippen LogP contribution in [0.3, 0.4) is 0 Å². The minimum Gasteiger partial charge on any atom is -0.462 e. The van der Waals surface area contributed by atoms with Crippen LogP contribution in [0.1, 0.15) is 265 Å². The normalized spacial score (nSPS) is 13.0. The molecule has 0 aromatic rings. The van der Waals surface area contributed by atoms with Crippen molar-refractivity contribution >= 4 is 17.9 Å². The summed E-state index contributed by atoms with van der Waals surface area (Å²) < 4.78 is 16.8. The minimum absolute atomic E-state index is 0.132. The highest BCUT2D eigenvalue weighted by Crippen LogP contribution is 2.14. The summed E-state index contributed by atoms with van der Waals surface area (Å²) in [4.78, 5) is 38.2. The van der Waals surface area contributed by atoms with E-state index >= 15 is 0 Å². The molecule has 0 bridgehead atoms. The van der Waals surface area contributed by atoms with Crippen molar-refractivity contribution in [3.05, 3.63) is 122 Å². The van der Waals surface area contributed by atoms with Crippen LogP contribution in [0.15, 0.2) is 122 Å². The predicted octanol–water partition coefficient (Wildman–Crippen LogP) is 20.4. The molecule has 0 fully saturated rings. The molecule has 0 aliphatic heterocycles. The average Bonchev–Trinajstić information content (AvgIpc) is 3.39. The van der Waals surface area contributed by atoms with Crippen LogP contribution in [0.5, 0.6) is 0 Å². The van der Waals surface area contributed by atoms with Gasteiger partial charge in [-0.2, -0.15) is 0 Å². The lowest BCUT2D eigenvalue weighted by atomic mass is 10.1. The second-order valence-electron chi connectivity index (χ2n) is 19.5. The maximum Gasteiger partial charge on any atom is 0.306 e. The van der Waals surface area contributed by atoms with E-state index in [2.05, 4.69) is 136 Å². The van der Waals surface area contributed by atoms with Crippen molar-refractivity contribution in [1.82, 2.24) is 0 Å². The highest BCUT2D eigenvalue weighted by Gasteiger charge is 2.19. The van der Waals surface area contributed by atoms with Crippen LogP contribution < -0.4 is 0 Å². The molecule has 0 radical (unpaired) electrons. The maximum absolute atomic E-state index is 12.9. The van der Waals surface area contributed by atoms with E-state index in [-0.39, 0.29) is 44.0 Å². The van der Waals surface area contributed by atoms with E-state index in [0.717, 1.165) is 70.6 Å². The first kappa shape index (κ1) is 68.8. The third kappa shape index (κ3) is 58.6. The van der Waals surface area contributed by atoms with Gasteiger partial charge in [-0.15, -0.1) is 0 Å². The Morgan fingerprint density at radius 2 is 0.534 bits per heavy atom. The van der Waals surface area contributed by atoms with Crippen molar-refractivity contribution < 1.29 is 28.6 Å². The van der Waals surface area contributed by atoms with Gasteiger partial charge in [-0.25, -0.2) is 0 Å². The molecule has 414 valence electrons. The first-order valence-electron chi connectivity index (χ1n) is 30.0. The Bertz CT molecular complexity index is 1540. The molecular formula is C67H110O6. The van der Waals surface area contributed by atoms with Crippen molar-refractivity contribution in [3.8, 4) is 0 Å². The Kier molecular flexibility index (Phi) is 56.9. The Morgan fingerprint density at radius 1 is 0.274 bits per heavy atom. The molecule has 0 rings (SSSR count). The number of esters is 3. The zero-order valence-electron chi connectivity index (χ0n) is 47.4. The standard InChI is InChI=1S/C67H110O6/c1-4-7-10-13-16-19-22-25-28-31-33-36-39-42-45-48-51-54-57-60-66(69)72-63-64(62-71-65(68)59-56-53-50-47-44-41-38-35-30-27-24-21-18-15-12-9-6-3)73-67(70)61-58-55-52-49-46-43-40-37-34-32-29-26-23-20-17-14-11-8-5-2/h16,18-19,21,25-30,33,36,38,41-42,45,47,50-51,54,64H,4-15,17,20,22-24,31-32,34-35,37,39-40,43-44,46,48-49,52-53,55-63H2,1-3H3/b19-16-,21-18-,28-25-,29-26-,30-27-,36-33-,41-38-,45-42-,50-47-,54-51-/t64-/m0/s1. The van der Waals surface area contributed by atoms with Gasteiger partial charge in [0.05, 0.1) is 0 Å². The monoisotopic (exact) mass is 1010 g/mol. The number of carbonyl (C=O) groups excluding carboxylic acids is 3. The molecule has 0 aromatic carbocycles. The molecule has 0 amide bonds. The molecule has 0 aliphatic carbocycles. The van der Waals surface area contributed by atoms with E-state index in [1.165, 1.54) is 141 Å². The topological polar surface area (TPSA) is 78.9 Å². The number of unbranched alkanes of at least 4 members (excludes halogenated alkanes) is 22. The van der Waals surface area contributed by atoms with Crippen molar-refractivity contribution in [2.24, 2.45) is 0 Å². The zero-order chi connectivity index (χ0) is 52.9. The van der Waals surface area contributed by atoms with Gasteiger partial charge in [0.2, 0.25) is 0 Å². The number of allylic oxidation sites excluding steroid dienone is 20. The second-order valence-corrected chi connectivity index (χ2v) is 19.5. The highest BCUT2D eigenvalue weighted by molar-refractivity contribution is 5.71. The van der Waals surface area contributed by atoms with Gasteiger partial charge in [0, 0.05) is 19.3 Å². The molecule has 0 aliphatic rings. The Morgan fingerprint density at radius 3 is 0.932 bits per heavy atom. The van der Waals surface area contributed by atoms with E-state index in [9.17, 15) is 14.4 Å². The van der Waals surface area contributed by atoms with Gasteiger partial charge in [0.1, 0.15) is 13.2 Å². The molecule has 0 heterocycles. The van der Waals surface area contributed by atoms with Gasteiger partial charge in [0.25, 0.3) is 0 Å². The third-order valence-corrected chi connectivity index (χ3v) is 12.4. The number of carbonyl (C=O) groups is 3. The smallest absolute Gasteiger partial charge is 0.306 e. The van der Waals surface area contributed by atoms with Crippen LogP contribution in [0.25, 0.3) is 0 Å². The van der Waals surface area contributed by atoms with Crippen molar-refractivity contribution in [2.75, 3.05) is 13.2 Å². The number of hydrogen-bond acceptors (Lipinski definition) is 6. The van der Waals surface area contributed by atoms with E-state index in [4.69, 9.17) is 14.2 Å². The third-order valence-electron chi connectivity index (χ3n) is 12.4. The molecule has 0 aromatic heterocycles. The molecule has 73 heavy (non-hydrogen) atoms. The first-order chi connectivity index (χ1) is 36.0. The summed E-state index contributed by atoms with van der Waals surface area (Å²) in [5.74, 6) is -1.07. The molecule has 1 atom stereocenters. The SMILES string of the molecule is CCCCC/C=C\C/C=C\C/C=C\C/C=C\C/C=C\CCC(=O)OC[C@H](COC(=O)CCC/C=C\C/C=C\C/C=C\C/C=C\CCCCC)OC(=O)CCCCCCCCCCC/C=C\CCCCCCCC. The van der Waals surface area contributed by atoms with Gasteiger partial charge in [-0.05, 0) is 122 Å². The molecule has 0 spiro atoms. The fourth-order valence-electron chi connectivity index (χ4n) is 7.88. The first-order valence-corrected chi connectivity index (χ1v) is 30.0. The van der Waals surface area contributed by atoms with Crippen molar-refractivity contribution in [2.45, 2.75) is 271 Å². The molecular weight excluding hydrogens is 901 g/mol. The molecule has 0 saturated carbocycles. The molecule has 6 heteroatoms. The average molecular weight is 1010 g/mol. The van der Waals surface area contributed by atoms with Gasteiger partial charge >= 0.3 is 17.9 Å². The van der Waals surface area contributed by atoms with Crippen LogP contribution in [-0.2, 0) is 28.6 Å². The van der Waals surface area contributed by atoms with Crippen LogP contribution in [0.2, 0.25) is 0 Å². The summed E-state index contributed by atoms with van der Waals surface area (Å²) in [6, 6.07) is 0. The quantitative estimate of drug-likeness (QED) is 0.0261. The summed E-state index contributed by atoms with van der Waals surface area (Å²) in [5, 5.41) is 0. The lowest BCUT2D eigenvalue weighted by molar-refractivity contribution is -0.166. The zero-order valence-corrected chi connectivity index (χ0v) is 47.4. The fourth-order valence-corrected chi connectivity index (χ4v) is 7.88. The summed E-state index contributed by atoms with van der Waals surface area (Å²) in [6.45, 7) is 6.47. The Hall–Kier alpha value is -4.19. The summed E-state index contributed by atoms with van der Waals surface area (Å²) >= 11 is 0. The van der Waals surface area contributed by atoms with Gasteiger partial charge < -0.3 is 14.2 Å². The lowest BCUT2D eigenvalue weighted by Crippen LogP contribution is -2.30. The maximum atomic E-state index is 12.9. The fraction of sp³-hybridized carbons (Fsp3) is 0.657. The van der Waals surface area contributed by atoms with E-state index in [0.29, 0.717) is 19.3 Å². The van der Waals surface area contributed by atoms with Crippen LogP contribution in [0, 0.1) is 0 Å². The summed E-state index contributed by atoms with van der Waals surface area (Å²) in [7, 11) is 0.